The number of carbonyl (C=O) groups excluding carboxylic acids is 3. The van der Waals surface area contributed by atoms with Crippen LogP contribution in [0.3, 0.4) is 0 Å². The minimum absolute atomic E-state index is 0.0248. The van der Waals surface area contributed by atoms with Gasteiger partial charge in [-0.1, -0.05) is 24.3 Å². The Hall–Kier alpha value is -4.50. The molecule has 2 aromatic rings. The van der Waals surface area contributed by atoms with Gasteiger partial charge in [0.05, 0.1) is 17.1 Å². The summed E-state index contributed by atoms with van der Waals surface area (Å²) in [5.74, 6) is -3.71. The SMILES string of the molecule is NC(N)=Nc1cccc(C(=O)NCC(=O)NCC(NC(=O)C2CCCN2S(=O)(=O)c2ccccc2)C(=O)O)c1. The molecule has 1 heterocycles. The van der Waals surface area contributed by atoms with E-state index in [1.165, 1.54) is 24.3 Å². The molecule has 1 saturated heterocycles. The highest BCUT2D eigenvalue weighted by Crippen LogP contribution is 2.26. The van der Waals surface area contributed by atoms with E-state index < -0.39 is 58.9 Å². The molecule has 1 aliphatic heterocycles. The summed E-state index contributed by atoms with van der Waals surface area (Å²) in [5.41, 5.74) is 11.2. The third-order valence-corrected chi connectivity index (χ3v) is 7.67. The smallest absolute Gasteiger partial charge is 0.328 e. The number of guanidine groups is 1. The normalized spacial score (nSPS) is 16.1. The van der Waals surface area contributed by atoms with E-state index >= 15 is 0 Å². The molecular formula is C24H29N7O7S. The van der Waals surface area contributed by atoms with Gasteiger partial charge >= 0.3 is 5.97 Å². The number of hydrogen-bond donors (Lipinski definition) is 6. The fourth-order valence-corrected chi connectivity index (χ4v) is 5.57. The molecule has 0 saturated carbocycles. The molecule has 1 aliphatic rings. The molecule has 39 heavy (non-hydrogen) atoms. The van der Waals surface area contributed by atoms with E-state index in [2.05, 4.69) is 20.9 Å². The lowest BCUT2D eigenvalue weighted by atomic mass is 10.2. The van der Waals surface area contributed by atoms with E-state index in [0.717, 1.165) is 4.31 Å². The Bertz CT molecular complexity index is 1360. The van der Waals surface area contributed by atoms with Crippen molar-refractivity contribution in [1.29, 1.82) is 0 Å². The number of aliphatic carboxylic acids is 1. The lowest BCUT2D eigenvalue weighted by Crippen LogP contribution is -2.54. The average molecular weight is 560 g/mol. The molecular weight excluding hydrogens is 530 g/mol. The van der Waals surface area contributed by atoms with Crippen molar-refractivity contribution in [3.05, 3.63) is 60.2 Å². The quantitative estimate of drug-likeness (QED) is 0.144. The lowest BCUT2D eigenvalue weighted by Gasteiger charge is -2.25. The Morgan fingerprint density at radius 1 is 1.05 bits per heavy atom. The average Bonchev–Trinajstić information content (AvgIpc) is 3.41. The van der Waals surface area contributed by atoms with Crippen molar-refractivity contribution < 1.29 is 32.7 Å². The molecule has 8 N–H and O–H groups in total. The van der Waals surface area contributed by atoms with Crippen LogP contribution in [0.25, 0.3) is 0 Å². The van der Waals surface area contributed by atoms with Crippen LogP contribution in [0.1, 0.15) is 23.2 Å². The van der Waals surface area contributed by atoms with Crippen LogP contribution >= 0.6 is 0 Å². The minimum Gasteiger partial charge on any atom is -0.480 e. The zero-order valence-corrected chi connectivity index (χ0v) is 21.6. The molecule has 2 atom stereocenters. The number of amides is 3. The fourth-order valence-electron chi connectivity index (χ4n) is 3.89. The first kappa shape index (κ1) is 29.1. The molecule has 0 spiro atoms. The Kier molecular flexibility index (Phi) is 9.57. The van der Waals surface area contributed by atoms with Gasteiger partial charge in [-0.25, -0.2) is 18.2 Å². The number of carbonyl (C=O) groups is 4. The number of carboxylic acid groups (broad SMARTS) is 1. The highest BCUT2D eigenvalue weighted by molar-refractivity contribution is 7.89. The predicted octanol–water partition coefficient (Wildman–Crippen LogP) is -1.14. The summed E-state index contributed by atoms with van der Waals surface area (Å²) in [5, 5.41) is 16.6. The van der Waals surface area contributed by atoms with Crippen LogP contribution in [0.2, 0.25) is 0 Å². The maximum atomic E-state index is 13.0. The van der Waals surface area contributed by atoms with E-state index in [4.69, 9.17) is 11.5 Å². The second-order valence-electron chi connectivity index (χ2n) is 8.56. The third kappa shape index (κ3) is 7.75. The largest absolute Gasteiger partial charge is 0.480 e. The van der Waals surface area contributed by atoms with E-state index in [1.54, 1.807) is 30.3 Å². The number of carboxylic acids is 1. The Morgan fingerprint density at radius 2 is 1.77 bits per heavy atom. The molecule has 0 bridgehead atoms. The molecule has 0 radical (unpaired) electrons. The molecule has 2 unspecified atom stereocenters. The topological polar surface area (TPSA) is 226 Å². The number of nitrogens with zero attached hydrogens (tertiary/aromatic N) is 2. The number of benzene rings is 2. The molecule has 0 aromatic heterocycles. The van der Waals surface area contributed by atoms with E-state index in [-0.39, 0.29) is 29.4 Å². The maximum absolute atomic E-state index is 13.0. The van der Waals surface area contributed by atoms with E-state index in [1.807, 2.05) is 0 Å². The standard InChI is InChI=1S/C24H29N7O7S/c25-24(26)29-16-7-4-6-15(12-16)21(33)28-14-20(32)27-13-18(23(35)36)30-22(34)19-10-5-11-31(19)39(37,38)17-8-2-1-3-9-17/h1-4,6-9,12,18-19H,5,10-11,13-14H2,(H,27,32)(H,28,33)(H,30,34)(H,35,36)(H4,25,26,29). The number of sulfonamides is 1. The first-order chi connectivity index (χ1) is 18.5. The maximum Gasteiger partial charge on any atom is 0.328 e. The third-order valence-electron chi connectivity index (χ3n) is 5.75. The van der Waals surface area contributed by atoms with Crippen LogP contribution in [-0.4, -0.2) is 79.2 Å². The summed E-state index contributed by atoms with van der Waals surface area (Å²) < 4.78 is 27.0. The van der Waals surface area contributed by atoms with Crippen molar-refractivity contribution in [2.75, 3.05) is 19.6 Å². The number of aliphatic imine (C=N–C) groups is 1. The van der Waals surface area contributed by atoms with Gasteiger partial charge in [0.15, 0.2) is 5.96 Å². The summed E-state index contributed by atoms with van der Waals surface area (Å²) >= 11 is 0. The first-order valence-electron chi connectivity index (χ1n) is 11.8. The first-order valence-corrected chi connectivity index (χ1v) is 13.3. The molecule has 0 aliphatic carbocycles. The fraction of sp³-hybridized carbons (Fsp3) is 0.292. The van der Waals surface area contributed by atoms with Crippen molar-refractivity contribution in [1.82, 2.24) is 20.3 Å². The number of hydrogen-bond acceptors (Lipinski definition) is 7. The van der Waals surface area contributed by atoms with Crippen molar-refractivity contribution >= 4 is 45.4 Å². The van der Waals surface area contributed by atoms with E-state index in [0.29, 0.717) is 12.1 Å². The van der Waals surface area contributed by atoms with Crippen LogP contribution in [0.4, 0.5) is 5.69 Å². The van der Waals surface area contributed by atoms with Gasteiger partial charge in [0.25, 0.3) is 5.91 Å². The van der Waals surface area contributed by atoms with Gasteiger partial charge in [-0.2, -0.15) is 4.31 Å². The van der Waals surface area contributed by atoms with Crippen LogP contribution in [0.5, 0.6) is 0 Å². The molecule has 3 rings (SSSR count). The number of rotatable bonds is 11. The van der Waals surface area contributed by atoms with Gasteiger partial charge in [0.1, 0.15) is 12.1 Å². The highest BCUT2D eigenvalue weighted by Gasteiger charge is 2.40. The molecule has 3 amide bonds. The second kappa shape index (κ2) is 12.8. The summed E-state index contributed by atoms with van der Waals surface area (Å²) in [6, 6.07) is 11.0. The van der Waals surface area contributed by atoms with Crippen LogP contribution < -0.4 is 27.4 Å². The monoisotopic (exact) mass is 559 g/mol. The summed E-state index contributed by atoms with van der Waals surface area (Å²) in [7, 11) is -3.97. The van der Waals surface area contributed by atoms with Crippen molar-refractivity contribution in [3.8, 4) is 0 Å². The predicted molar refractivity (Wildman–Crippen MR) is 140 cm³/mol. The lowest BCUT2D eigenvalue weighted by molar-refractivity contribution is -0.142. The second-order valence-corrected chi connectivity index (χ2v) is 10.5. The molecule has 15 heteroatoms. The van der Waals surface area contributed by atoms with Gasteiger partial charge in [0, 0.05) is 18.7 Å². The van der Waals surface area contributed by atoms with E-state index in [9.17, 15) is 32.7 Å². The highest BCUT2D eigenvalue weighted by atomic mass is 32.2. The van der Waals surface area contributed by atoms with Crippen molar-refractivity contribution in [3.63, 3.8) is 0 Å². The summed E-state index contributed by atoms with van der Waals surface area (Å²) in [6.07, 6.45) is 0.639. The van der Waals surface area contributed by atoms with Crippen molar-refractivity contribution in [2.24, 2.45) is 16.5 Å². The van der Waals surface area contributed by atoms with Gasteiger partial charge in [-0.3, -0.25) is 14.4 Å². The zero-order chi connectivity index (χ0) is 28.6. The van der Waals surface area contributed by atoms with Gasteiger partial charge in [0.2, 0.25) is 21.8 Å². The molecule has 14 nitrogen and oxygen atoms in total. The van der Waals surface area contributed by atoms with Gasteiger partial charge in [-0.05, 0) is 43.2 Å². The Balaban J connectivity index is 1.55. The summed E-state index contributed by atoms with van der Waals surface area (Å²) in [4.78, 5) is 53.0. The van der Waals surface area contributed by atoms with Gasteiger partial charge in [-0.15, -0.1) is 0 Å². The van der Waals surface area contributed by atoms with Crippen LogP contribution in [0.15, 0.2) is 64.5 Å². The van der Waals surface area contributed by atoms with Crippen LogP contribution in [0, 0.1) is 0 Å². The Morgan fingerprint density at radius 3 is 2.44 bits per heavy atom. The van der Waals surface area contributed by atoms with Crippen molar-refractivity contribution in [2.45, 2.75) is 29.8 Å². The molecule has 208 valence electrons. The minimum atomic E-state index is -3.97. The van der Waals surface area contributed by atoms with Crippen LogP contribution in [-0.2, 0) is 24.4 Å². The Labute approximate surface area is 224 Å². The number of nitrogens with one attached hydrogen (secondary N) is 3. The molecule has 2 aromatic carbocycles. The van der Waals surface area contributed by atoms with Gasteiger partial charge < -0.3 is 32.5 Å². The summed E-state index contributed by atoms with van der Waals surface area (Å²) in [6.45, 7) is -0.858. The number of nitrogens with two attached hydrogens (primary N) is 2. The zero-order valence-electron chi connectivity index (χ0n) is 20.7. The molecule has 1 fully saturated rings.